The molecule has 0 aliphatic heterocycles. The second-order valence-corrected chi connectivity index (χ2v) is 8.78. The average molecular weight is 434 g/mol. The second-order valence-electron chi connectivity index (χ2n) is 8.00. The topological polar surface area (TPSA) is 104 Å². The number of nitrogens with one attached hydrogen (secondary N) is 1. The van der Waals surface area contributed by atoms with Crippen LogP contribution in [0, 0.1) is 0 Å². The van der Waals surface area contributed by atoms with E-state index in [1.807, 2.05) is 30.3 Å². The largest absolute Gasteiger partial charge is 0.383 e. The Balaban J connectivity index is 1.93. The van der Waals surface area contributed by atoms with Gasteiger partial charge >= 0.3 is 5.69 Å². The van der Waals surface area contributed by atoms with E-state index in [-0.39, 0.29) is 30.0 Å². The van der Waals surface area contributed by atoms with E-state index in [0.717, 1.165) is 44.1 Å². The molecule has 0 spiro atoms. The zero-order valence-corrected chi connectivity index (χ0v) is 18.5. The van der Waals surface area contributed by atoms with Crippen molar-refractivity contribution >= 4 is 28.7 Å². The van der Waals surface area contributed by atoms with Crippen LogP contribution in [0.2, 0.25) is 0 Å². The van der Waals surface area contributed by atoms with Gasteiger partial charge in [0.1, 0.15) is 5.82 Å². The Kier molecular flexibility index (Phi) is 7.49. The minimum atomic E-state index is -0.592. The van der Waals surface area contributed by atoms with E-state index >= 15 is 0 Å². The fourth-order valence-corrected chi connectivity index (χ4v) is 4.74. The molecule has 2 heterocycles. The van der Waals surface area contributed by atoms with E-state index in [1.54, 1.807) is 16.2 Å². The summed E-state index contributed by atoms with van der Waals surface area (Å²) in [5, 5.41) is 4.07. The molecule has 0 radical (unpaired) electrons. The molecule has 0 unspecified atom stereocenters. The summed E-state index contributed by atoms with van der Waals surface area (Å²) >= 11 is 1.62. The highest BCUT2D eigenvalue weighted by molar-refractivity contribution is 7.07. The minimum absolute atomic E-state index is 0.0763. The Morgan fingerprint density at radius 3 is 2.70 bits per heavy atom. The SMILES string of the molecule is CCCCn1c(N)c(N(C(=O)CN(C)Cc2ccsc2)C2CCCC2)c(=O)[nH]c1=O. The number of H-pyrrole nitrogens is 1. The number of amides is 1. The first kappa shape index (κ1) is 22.3. The van der Waals surface area contributed by atoms with E-state index < -0.39 is 11.2 Å². The number of nitrogens with zero attached hydrogens (tertiary/aromatic N) is 3. The maximum Gasteiger partial charge on any atom is 0.330 e. The fraction of sp³-hybridized carbons (Fsp3) is 0.571. The van der Waals surface area contributed by atoms with Gasteiger partial charge in [-0.25, -0.2) is 4.79 Å². The molecule has 0 saturated heterocycles. The molecular formula is C21H31N5O3S. The van der Waals surface area contributed by atoms with Gasteiger partial charge < -0.3 is 10.6 Å². The standard InChI is InChI=1S/C21H31N5O3S/c1-3-4-10-25-19(22)18(20(28)23-21(25)29)26(16-7-5-6-8-16)17(27)13-24(2)12-15-9-11-30-14-15/h9,11,14,16H,3-8,10,12-13,22H2,1-2H3,(H,23,28,29). The number of carbonyl (C=O) groups excluding carboxylic acids is 1. The van der Waals surface area contributed by atoms with Crippen molar-refractivity contribution in [3.8, 4) is 0 Å². The molecule has 1 aliphatic rings. The molecule has 9 heteroatoms. The first-order valence-electron chi connectivity index (χ1n) is 10.6. The summed E-state index contributed by atoms with van der Waals surface area (Å²) in [6.45, 7) is 3.25. The first-order valence-corrected chi connectivity index (χ1v) is 11.5. The molecule has 3 rings (SSSR count). The zero-order chi connectivity index (χ0) is 21.7. The van der Waals surface area contributed by atoms with Gasteiger partial charge in [-0.05, 0) is 48.7 Å². The number of aromatic amines is 1. The smallest absolute Gasteiger partial charge is 0.330 e. The number of hydrogen-bond acceptors (Lipinski definition) is 6. The first-order chi connectivity index (χ1) is 14.4. The normalized spacial score (nSPS) is 14.5. The highest BCUT2D eigenvalue weighted by Gasteiger charge is 2.32. The summed E-state index contributed by atoms with van der Waals surface area (Å²) in [7, 11) is 1.89. The van der Waals surface area contributed by atoms with Crippen LogP contribution in [0.15, 0.2) is 26.4 Å². The lowest BCUT2D eigenvalue weighted by atomic mass is 10.1. The molecule has 1 aliphatic carbocycles. The number of hydrogen-bond donors (Lipinski definition) is 2. The maximum atomic E-state index is 13.4. The molecular weight excluding hydrogens is 402 g/mol. The number of nitrogen functional groups attached to an aromatic ring is 1. The predicted molar refractivity (Wildman–Crippen MR) is 121 cm³/mol. The van der Waals surface area contributed by atoms with Crippen LogP contribution in [-0.2, 0) is 17.9 Å². The summed E-state index contributed by atoms with van der Waals surface area (Å²) in [5.74, 6) is -0.0875. The van der Waals surface area contributed by atoms with Crippen LogP contribution < -0.4 is 21.9 Å². The Labute approximate surface area is 180 Å². The summed E-state index contributed by atoms with van der Waals surface area (Å²) in [5.41, 5.74) is 6.46. The number of anilines is 2. The summed E-state index contributed by atoms with van der Waals surface area (Å²) in [4.78, 5) is 44.3. The van der Waals surface area contributed by atoms with Gasteiger partial charge in [-0.15, -0.1) is 0 Å². The van der Waals surface area contributed by atoms with Crippen molar-refractivity contribution in [3.05, 3.63) is 43.2 Å². The van der Waals surface area contributed by atoms with Crippen molar-refractivity contribution in [3.63, 3.8) is 0 Å². The third-order valence-electron chi connectivity index (χ3n) is 5.59. The molecule has 0 bridgehead atoms. The Morgan fingerprint density at radius 2 is 2.07 bits per heavy atom. The van der Waals surface area contributed by atoms with Crippen molar-refractivity contribution in [2.75, 3.05) is 24.2 Å². The van der Waals surface area contributed by atoms with Crippen LogP contribution in [0.5, 0.6) is 0 Å². The van der Waals surface area contributed by atoms with Crippen LogP contribution in [0.1, 0.15) is 51.0 Å². The van der Waals surface area contributed by atoms with Crippen LogP contribution in [0.3, 0.4) is 0 Å². The predicted octanol–water partition coefficient (Wildman–Crippen LogP) is 2.39. The molecule has 1 amide bonds. The third kappa shape index (κ3) is 5.02. The number of unbranched alkanes of at least 4 members (excludes halogenated alkanes) is 1. The van der Waals surface area contributed by atoms with Gasteiger partial charge in [-0.2, -0.15) is 11.3 Å². The van der Waals surface area contributed by atoms with Crippen molar-refractivity contribution in [2.24, 2.45) is 0 Å². The molecule has 3 N–H and O–H groups in total. The number of nitrogens with two attached hydrogens (primary N) is 1. The molecule has 30 heavy (non-hydrogen) atoms. The third-order valence-corrected chi connectivity index (χ3v) is 6.32. The second kappa shape index (κ2) is 10.1. The lowest BCUT2D eigenvalue weighted by Gasteiger charge is -2.31. The van der Waals surface area contributed by atoms with E-state index in [2.05, 4.69) is 10.4 Å². The number of likely N-dealkylation sites (N-methyl/N-ethyl adjacent to an activating group) is 1. The molecule has 2 aromatic heterocycles. The van der Waals surface area contributed by atoms with Crippen molar-refractivity contribution in [2.45, 2.75) is 64.6 Å². The van der Waals surface area contributed by atoms with E-state index in [4.69, 9.17) is 5.73 Å². The van der Waals surface area contributed by atoms with Gasteiger partial charge in [0, 0.05) is 19.1 Å². The molecule has 0 aromatic carbocycles. The molecule has 2 aromatic rings. The highest BCUT2D eigenvalue weighted by Crippen LogP contribution is 2.29. The van der Waals surface area contributed by atoms with Crippen LogP contribution >= 0.6 is 11.3 Å². The number of rotatable bonds is 9. The Morgan fingerprint density at radius 1 is 1.33 bits per heavy atom. The van der Waals surface area contributed by atoms with Gasteiger partial charge in [0.25, 0.3) is 5.56 Å². The maximum absolute atomic E-state index is 13.4. The van der Waals surface area contributed by atoms with Gasteiger partial charge in [-0.1, -0.05) is 26.2 Å². The van der Waals surface area contributed by atoms with E-state index in [1.165, 1.54) is 4.57 Å². The van der Waals surface area contributed by atoms with Gasteiger partial charge in [0.05, 0.1) is 6.54 Å². The minimum Gasteiger partial charge on any atom is -0.383 e. The summed E-state index contributed by atoms with van der Waals surface area (Å²) in [6, 6.07) is 1.96. The van der Waals surface area contributed by atoms with Crippen molar-refractivity contribution < 1.29 is 4.79 Å². The lowest BCUT2D eigenvalue weighted by molar-refractivity contribution is -0.120. The van der Waals surface area contributed by atoms with Crippen molar-refractivity contribution in [1.29, 1.82) is 0 Å². The monoisotopic (exact) mass is 433 g/mol. The number of carbonyl (C=O) groups is 1. The lowest BCUT2D eigenvalue weighted by Crippen LogP contribution is -2.48. The molecule has 8 nitrogen and oxygen atoms in total. The molecule has 1 fully saturated rings. The fourth-order valence-electron chi connectivity index (χ4n) is 4.08. The Hall–Kier alpha value is -2.39. The number of aromatic nitrogens is 2. The average Bonchev–Trinajstić information content (AvgIpc) is 3.38. The van der Waals surface area contributed by atoms with Crippen molar-refractivity contribution in [1.82, 2.24) is 14.5 Å². The number of thiophene rings is 1. The highest BCUT2D eigenvalue weighted by atomic mass is 32.1. The van der Waals surface area contributed by atoms with Gasteiger partial charge in [0.2, 0.25) is 5.91 Å². The van der Waals surface area contributed by atoms with E-state index in [0.29, 0.717) is 13.1 Å². The molecule has 0 atom stereocenters. The zero-order valence-electron chi connectivity index (χ0n) is 17.7. The van der Waals surface area contributed by atoms with Crippen LogP contribution in [-0.4, -0.2) is 40.0 Å². The summed E-state index contributed by atoms with van der Waals surface area (Å²) in [6.07, 6.45) is 5.31. The van der Waals surface area contributed by atoms with Crippen LogP contribution in [0.4, 0.5) is 11.5 Å². The van der Waals surface area contributed by atoms with Gasteiger partial charge in [0.15, 0.2) is 5.69 Å². The summed E-state index contributed by atoms with van der Waals surface area (Å²) < 4.78 is 1.38. The molecule has 1 saturated carbocycles. The van der Waals surface area contributed by atoms with E-state index in [9.17, 15) is 14.4 Å². The quantitative estimate of drug-likeness (QED) is 0.632. The Bertz CT molecular complexity index is 960. The molecule has 164 valence electrons. The van der Waals surface area contributed by atoms with Crippen LogP contribution in [0.25, 0.3) is 0 Å². The van der Waals surface area contributed by atoms with Gasteiger partial charge in [-0.3, -0.25) is 24.0 Å².